The molecule has 1 saturated heterocycles. The predicted octanol–water partition coefficient (Wildman–Crippen LogP) is 1.73. The van der Waals surface area contributed by atoms with Gasteiger partial charge in [0.05, 0.1) is 11.5 Å². The quantitative estimate of drug-likeness (QED) is 0.823. The van der Waals surface area contributed by atoms with Crippen LogP contribution in [0.5, 0.6) is 0 Å². The number of rotatable bonds is 3. The zero-order valence-electron chi connectivity index (χ0n) is 10.1. The predicted molar refractivity (Wildman–Crippen MR) is 66.2 cm³/mol. The molecule has 0 spiro atoms. The Labute approximate surface area is 98.9 Å². The van der Waals surface area contributed by atoms with Crippen LogP contribution in [0, 0.1) is 5.92 Å². The van der Waals surface area contributed by atoms with Gasteiger partial charge in [0, 0.05) is 12.1 Å². The van der Waals surface area contributed by atoms with Crippen molar-refractivity contribution in [2.45, 2.75) is 57.5 Å². The van der Waals surface area contributed by atoms with E-state index in [0.29, 0.717) is 23.6 Å². The molecule has 0 bridgehead atoms. The van der Waals surface area contributed by atoms with Gasteiger partial charge in [0.2, 0.25) is 0 Å². The molecule has 1 heterocycles. The van der Waals surface area contributed by atoms with Gasteiger partial charge in [-0.05, 0) is 38.5 Å². The van der Waals surface area contributed by atoms with Crippen LogP contribution in [-0.4, -0.2) is 32.0 Å². The fraction of sp³-hybridized carbons (Fsp3) is 1.00. The molecule has 16 heavy (non-hydrogen) atoms. The summed E-state index contributed by atoms with van der Waals surface area (Å²) in [5.41, 5.74) is 0. The van der Waals surface area contributed by atoms with Crippen molar-refractivity contribution in [1.82, 2.24) is 5.32 Å². The van der Waals surface area contributed by atoms with E-state index in [-0.39, 0.29) is 0 Å². The van der Waals surface area contributed by atoms with E-state index in [1.165, 1.54) is 25.7 Å². The van der Waals surface area contributed by atoms with Crippen LogP contribution >= 0.6 is 0 Å². The SMILES string of the molecule is CC(NC1CCS(=O)(=O)CC1)C1CCCC1. The lowest BCUT2D eigenvalue weighted by Gasteiger charge is -2.29. The lowest BCUT2D eigenvalue weighted by molar-refractivity contribution is 0.327. The first kappa shape index (κ1) is 12.4. The van der Waals surface area contributed by atoms with E-state index in [1.54, 1.807) is 0 Å². The highest BCUT2D eigenvalue weighted by molar-refractivity contribution is 7.91. The van der Waals surface area contributed by atoms with Gasteiger partial charge in [-0.1, -0.05) is 12.8 Å². The minimum Gasteiger partial charge on any atom is -0.311 e. The lowest BCUT2D eigenvalue weighted by atomic mass is 9.98. The van der Waals surface area contributed by atoms with Crippen LogP contribution in [0.15, 0.2) is 0 Å². The van der Waals surface area contributed by atoms with Crippen molar-refractivity contribution in [3.8, 4) is 0 Å². The molecule has 2 fully saturated rings. The highest BCUT2D eigenvalue weighted by atomic mass is 32.2. The minimum absolute atomic E-state index is 0.377. The Morgan fingerprint density at radius 3 is 2.19 bits per heavy atom. The summed E-state index contributed by atoms with van der Waals surface area (Å²) in [7, 11) is -2.71. The van der Waals surface area contributed by atoms with Crippen LogP contribution in [0.2, 0.25) is 0 Å². The van der Waals surface area contributed by atoms with Crippen LogP contribution in [0.25, 0.3) is 0 Å². The molecule has 1 aliphatic carbocycles. The normalized spacial score (nSPS) is 29.3. The van der Waals surface area contributed by atoms with Crippen molar-refractivity contribution in [2.75, 3.05) is 11.5 Å². The summed E-state index contributed by atoms with van der Waals surface area (Å²) >= 11 is 0. The maximum atomic E-state index is 11.3. The number of sulfone groups is 1. The van der Waals surface area contributed by atoms with E-state index in [9.17, 15) is 8.42 Å². The fourth-order valence-electron chi connectivity index (χ4n) is 3.02. The third-order valence-corrected chi connectivity index (χ3v) is 5.88. The van der Waals surface area contributed by atoms with Crippen molar-refractivity contribution >= 4 is 9.84 Å². The molecule has 0 radical (unpaired) electrons. The molecular weight excluding hydrogens is 222 g/mol. The Bertz CT molecular complexity index is 306. The molecule has 4 heteroatoms. The summed E-state index contributed by atoms with van der Waals surface area (Å²) in [5, 5.41) is 3.63. The van der Waals surface area contributed by atoms with Gasteiger partial charge in [-0.15, -0.1) is 0 Å². The average molecular weight is 245 g/mol. The Morgan fingerprint density at radius 1 is 1.06 bits per heavy atom. The zero-order valence-corrected chi connectivity index (χ0v) is 10.9. The van der Waals surface area contributed by atoms with Crippen molar-refractivity contribution in [1.29, 1.82) is 0 Å². The molecule has 0 aromatic rings. The maximum absolute atomic E-state index is 11.3. The Hall–Kier alpha value is -0.0900. The monoisotopic (exact) mass is 245 g/mol. The smallest absolute Gasteiger partial charge is 0.150 e. The van der Waals surface area contributed by atoms with Crippen LogP contribution in [0.3, 0.4) is 0 Å². The largest absolute Gasteiger partial charge is 0.311 e. The number of hydrogen-bond donors (Lipinski definition) is 1. The molecule has 1 atom stereocenters. The van der Waals surface area contributed by atoms with Gasteiger partial charge in [0.1, 0.15) is 9.84 Å². The molecule has 94 valence electrons. The maximum Gasteiger partial charge on any atom is 0.150 e. The molecule has 3 nitrogen and oxygen atoms in total. The molecule has 2 aliphatic rings. The lowest BCUT2D eigenvalue weighted by Crippen LogP contribution is -2.44. The third-order valence-electron chi connectivity index (χ3n) is 4.16. The van der Waals surface area contributed by atoms with Crippen molar-refractivity contribution in [3.63, 3.8) is 0 Å². The molecule has 1 saturated carbocycles. The van der Waals surface area contributed by atoms with Crippen molar-refractivity contribution in [3.05, 3.63) is 0 Å². The van der Waals surface area contributed by atoms with Gasteiger partial charge in [-0.3, -0.25) is 0 Å². The van der Waals surface area contributed by atoms with Gasteiger partial charge in [0.15, 0.2) is 0 Å². The van der Waals surface area contributed by atoms with E-state index < -0.39 is 9.84 Å². The number of hydrogen-bond acceptors (Lipinski definition) is 3. The summed E-state index contributed by atoms with van der Waals surface area (Å²) in [5.74, 6) is 1.57. The molecule has 0 amide bonds. The minimum atomic E-state index is -2.71. The second-order valence-corrected chi connectivity index (χ2v) is 7.73. The topological polar surface area (TPSA) is 46.2 Å². The van der Waals surface area contributed by atoms with Crippen molar-refractivity contribution in [2.24, 2.45) is 5.92 Å². The molecule has 0 aromatic heterocycles. The summed E-state index contributed by atoms with van der Waals surface area (Å²) in [6.07, 6.45) is 7.04. The van der Waals surface area contributed by atoms with E-state index in [0.717, 1.165) is 18.8 Å². The molecule has 1 unspecified atom stereocenters. The van der Waals surface area contributed by atoms with Crippen LogP contribution in [0.1, 0.15) is 45.4 Å². The average Bonchev–Trinajstić information content (AvgIpc) is 2.74. The standard InChI is InChI=1S/C12H23NO2S/c1-10(11-4-2-3-5-11)13-12-6-8-16(14,15)9-7-12/h10-13H,2-9H2,1H3. The van der Waals surface area contributed by atoms with Crippen molar-refractivity contribution < 1.29 is 8.42 Å². The summed E-state index contributed by atoms with van der Waals surface area (Å²) < 4.78 is 22.6. The van der Waals surface area contributed by atoms with Gasteiger partial charge >= 0.3 is 0 Å². The van der Waals surface area contributed by atoms with Crippen LogP contribution < -0.4 is 5.32 Å². The highest BCUT2D eigenvalue weighted by Crippen LogP contribution is 2.28. The van der Waals surface area contributed by atoms with Crippen LogP contribution in [-0.2, 0) is 9.84 Å². The molecule has 1 N–H and O–H groups in total. The van der Waals surface area contributed by atoms with E-state index >= 15 is 0 Å². The summed E-state index contributed by atoms with van der Waals surface area (Å²) in [6.45, 7) is 2.26. The highest BCUT2D eigenvalue weighted by Gasteiger charge is 2.27. The Balaban J connectivity index is 1.77. The first-order valence-electron chi connectivity index (χ1n) is 6.53. The second-order valence-electron chi connectivity index (χ2n) is 5.43. The van der Waals surface area contributed by atoms with Gasteiger partial charge < -0.3 is 5.32 Å². The first-order chi connectivity index (χ1) is 7.57. The first-order valence-corrected chi connectivity index (χ1v) is 8.35. The fourth-order valence-corrected chi connectivity index (χ4v) is 4.51. The Morgan fingerprint density at radius 2 is 1.62 bits per heavy atom. The van der Waals surface area contributed by atoms with Gasteiger partial charge in [-0.2, -0.15) is 0 Å². The third kappa shape index (κ3) is 3.20. The van der Waals surface area contributed by atoms with E-state index in [1.807, 2.05) is 0 Å². The van der Waals surface area contributed by atoms with Gasteiger partial charge in [-0.25, -0.2) is 8.42 Å². The van der Waals surface area contributed by atoms with Crippen LogP contribution in [0.4, 0.5) is 0 Å². The summed E-state index contributed by atoms with van der Waals surface area (Å²) in [4.78, 5) is 0. The molecular formula is C12H23NO2S. The zero-order chi connectivity index (χ0) is 11.6. The van der Waals surface area contributed by atoms with E-state index in [2.05, 4.69) is 12.2 Å². The van der Waals surface area contributed by atoms with E-state index in [4.69, 9.17) is 0 Å². The number of nitrogens with one attached hydrogen (secondary N) is 1. The second kappa shape index (κ2) is 5.05. The molecule has 0 aromatic carbocycles. The Kier molecular flexibility index (Phi) is 3.90. The molecule has 2 rings (SSSR count). The van der Waals surface area contributed by atoms with Gasteiger partial charge in [0.25, 0.3) is 0 Å². The summed E-state index contributed by atoms with van der Waals surface area (Å²) in [6, 6.07) is 0.993. The molecule has 1 aliphatic heterocycles.